The number of nitrogens with zero attached hydrogens (tertiary/aromatic N) is 5. The van der Waals surface area contributed by atoms with Crippen LogP contribution in [0.5, 0.6) is 5.75 Å². The summed E-state index contributed by atoms with van der Waals surface area (Å²) < 4.78 is 7.51. The van der Waals surface area contributed by atoms with Crippen molar-refractivity contribution >= 4 is 29.1 Å². The van der Waals surface area contributed by atoms with Gasteiger partial charge in [0.25, 0.3) is 0 Å². The van der Waals surface area contributed by atoms with Crippen LogP contribution in [0.2, 0.25) is 0 Å². The van der Waals surface area contributed by atoms with Crippen molar-refractivity contribution in [3.63, 3.8) is 0 Å². The van der Waals surface area contributed by atoms with Crippen molar-refractivity contribution in [1.82, 2.24) is 19.7 Å². The Hall–Kier alpha value is -3.98. The van der Waals surface area contributed by atoms with Crippen LogP contribution in [-0.2, 0) is 4.79 Å². The number of thioether (sulfide) groups is 1. The number of benzene rings is 2. The number of Topliss-reactive ketones (excluding diaryl/α,β-unsaturated/α-hetero) is 1. The zero-order valence-electron chi connectivity index (χ0n) is 19.8. The number of hydrogen-bond acceptors (Lipinski definition) is 7. The first kappa shape index (κ1) is 23.7. The summed E-state index contributed by atoms with van der Waals surface area (Å²) in [5.41, 5.74) is 3.07. The monoisotopic (exact) mass is 499 g/mol. The van der Waals surface area contributed by atoms with E-state index < -0.39 is 0 Å². The van der Waals surface area contributed by atoms with Gasteiger partial charge in [0.2, 0.25) is 5.91 Å². The Kier molecular flexibility index (Phi) is 7.08. The molecule has 0 unspecified atom stereocenters. The number of hydrogen-bond donors (Lipinski definition) is 0. The summed E-state index contributed by atoms with van der Waals surface area (Å²) in [6.07, 6.45) is 4.81. The van der Waals surface area contributed by atoms with Gasteiger partial charge in [0, 0.05) is 47.9 Å². The lowest BCUT2D eigenvalue weighted by atomic mass is 10.1. The van der Waals surface area contributed by atoms with Crippen LogP contribution in [0.4, 0.5) is 5.69 Å². The predicted molar refractivity (Wildman–Crippen MR) is 139 cm³/mol. The molecule has 9 heteroatoms. The highest BCUT2D eigenvalue weighted by Crippen LogP contribution is 2.30. The smallest absolute Gasteiger partial charge is 0.227 e. The van der Waals surface area contributed by atoms with Gasteiger partial charge in [-0.2, -0.15) is 0 Å². The Labute approximate surface area is 213 Å². The van der Waals surface area contributed by atoms with Gasteiger partial charge in [-0.15, -0.1) is 10.2 Å². The summed E-state index contributed by atoms with van der Waals surface area (Å²) >= 11 is 1.33. The molecule has 2 aromatic heterocycles. The highest BCUT2D eigenvalue weighted by atomic mass is 32.2. The highest BCUT2D eigenvalue weighted by molar-refractivity contribution is 7.99. The van der Waals surface area contributed by atoms with Crippen molar-refractivity contribution in [3.05, 3.63) is 78.6 Å². The zero-order chi connectivity index (χ0) is 24.9. The molecule has 1 aliphatic rings. The Balaban J connectivity index is 1.40. The fraction of sp³-hybridized carbons (Fsp3) is 0.222. The summed E-state index contributed by atoms with van der Waals surface area (Å²) in [6, 6.07) is 18.7. The summed E-state index contributed by atoms with van der Waals surface area (Å²) in [6.45, 7) is 3.22. The number of anilines is 1. The van der Waals surface area contributed by atoms with Crippen molar-refractivity contribution in [2.75, 3.05) is 23.8 Å². The van der Waals surface area contributed by atoms with Crippen LogP contribution in [0.3, 0.4) is 0 Å². The Morgan fingerprint density at radius 1 is 1.03 bits per heavy atom. The molecular weight excluding hydrogens is 474 g/mol. The van der Waals surface area contributed by atoms with Crippen molar-refractivity contribution in [2.45, 2.75) is 24.9 Å². The Morgan fingerprint density at radius 2 is 1.83 bits per heavy atom. The third-order valence-corrected chi connectivity index (χ3v) is 6.79. The minimum atomic E-state index is -0.0415. The molecule has 1 amide bonds. The molecule has 0 atom stereocenters. The number of carbonyl (C=O) groups excluding carboxylic acids is 2. The van der Waals surface area contributed by atoms with Gasteiger partial charge in [-0.3, -0.25) is 19.1 Å². The number of aromatic nitrogens is 4. The molecule has 0 N–H and O–H groups in total. The van der Waals surface area contributed by atoms with E-state index in [0.717, 1.165) is 29.1 Å². The maximum atomic E-state index is 13.1. The molecule has 0 aliphatic carbocycles. The number of carbonyl (C=O) groups is 2. The fourth-order valence-electron chi connectivity index (χ4n) is 4.12. The number of rotatable bonds is 9. The molecule has 0 radical (unpaired) electrons. The van der Waals surface area contributed by atoms with Crippen molar-refractivity contribution in [3.8, 4) is 22.8 Å². The molecule has 3 heterocycles. The standard InChI is InChI=1S/C27H25N5O3S/c1-2-35-23-10-8-21(9-11-23)32-26(19-12-14-28-15-13-19)29-30-27(32)36-18-24(33)20-5-3-6-22(17-20)31-16-4-7-25(31)34/h3,5-6,8-15,17H,2,4,7,16,18H2,1H3. The molecule has 1 fully saturated rings. The van der Waals surface area contributed by atoms with Crippen LogP contribution in [-0.4, -0.2) is 50.3 Å². The van der Waals surface area contributed by atoms with E-state index in [1.807, 2.05) is 60.0 Å². The number of ether oxygens (including phenoxy) is 1. The van der Waals surface area contributed by atoms with E-state index in [1.54, 1.807) is 29.4 Å². The predicted octanol–water partition coefficient (Wildman–Crippen LogP) is 4.83. The van der Waals surface area contributed by atoms with Crippen LogP contribution in [0.1, 0.15) is 30.1 Å². The minimum Gasteiger partial charge on any atom is -0.494 e. The van der Waals surface area contributed by atoms with Gasteiger partial charge in [-0.05, 0) is 61.9 Å². The normalized spacial score (nSPS) is 13.2. The second-order valence-corrected chi connectivity index (χ2v) is 9.16. The summed E-state index contributed by atoms with van der Waals surface area (Å²) in [4.78, 5) is 31.1. The summed E-state index contributed by atoms with van der Waals surface area (Å²) in [5, 5.41) is 9.43. The van der Waals surface area contributed by atoms with Gasteiger partial charge >= 0.3 is 0 Å². The van der Waals surface area contributed by atoms with Crippen LogP contribution in [0.25, 0.3) is 17.1 Å². The van der Waals surface area contributed by atoms with Crippen LogP contribution >= 0.6 is 11.8 Å². The van der Waals surface area contributed by atoms with Gasteiger partial charge < -0.3 is 9.64 Å². The summed E-state index contributed by atoms with van der Waals surface area (Å²) in [7, 11) is 0. The molecule has 182 valence electrons. The molecule has 2 aromatic carbocycles. The van der Waals surface area contributed by atoms with Gasteiger partial charge in [-0.1, -0.05) is 23.9 Å². The second kappa shape index (κ2) is 10.7. The van der Waals surface area contributed by atoms with E-state index >= 15 is 0 Å². The third kappa shape index (κ3) is 5.01. The molecule has 36 heavy (non-hydrogen) atoms. The maximum Gasteiger partial charge on any atom is 0.227 e. The molecule has 0 bridgehead atoms. The van der Waals surface area contributed by atoms with Crippen LogP contribution in [0.15, 0.2) is 78.2 Å². The van der Waals surface area contributed by atoms with Gasteiger partial charge in [0.1, 0.15) is 5.75 Å². The zero-order valence-corrected chi connectivity index (χ0v) is 20.6. The van der Waals surface area contributed by atoms with E-state index in [0.29, 0.717) is 36.1 Å². The maximum absolute atomic E-state index is 13.1. The quantitative estimate of drug-likeness (QED) is 0.241. The molecule has 0 spiro atoms. The molecule has 1 saturated heterocycles. The lowest BCUT2D eigenvalue weighted by Gasteiger charge is -2.16. The molecule has 5 rings (SSSR count). The van der Waals surface area contributed by atoms with Gasteiger partial charge in [0.05, 0.1) is 12.4 Å². The van der Waals surface area contributed by atoms with Gasteiger partial charge in [-0.25, -0.2) is 0 Å². The molecule has 0 saturated carbocycles. The largest absolute Gasteiger partial charge is 0.494 e. The van der Waals surface area contributed by atoms with Gasteiger partial charge in [0.15, 0.2) is 16.8 Å². The molecule has 8 nitrogen and oxygen atoms in total. The van der Waals surface area contributed by atoms with Crippen molar-refractivity contribution in [2.24, 2.45) is 0 Å². The fourth-order valence-corrected chi connectivity index (χ4v) is 4.97. The molecule has 1 aliphatic heterocycles. The lowest BCUT2D eigenvalue weighted by molar-refractivity contribution is -0.117. The second-order valence-electron chi connectivity index (χ2n) is 8.22. The number of ketones is 1. The van der Waals surface area contributed by atoms with E-state index in [-0.39, 0.29) is 17.4 Å². The van der Waals surface area contributed by atoms with E-state index in [2.05, 4.69) is 15.2 Å². The summed E-state index contributed by atoms with van der Waals surface area (Å²) in [5.74, 6) is 1.68. The van der Waals surface area contributed by atoms with E-state index in [9.17, 15) is 9.59 Å². The number of amides is 1. The Bertz CT molecular complexity index is 1370. The van der Waals surface area contributed by atoms with Crippen LogP contribution < -0.4 is 9.64 Å². The first-order valence-electron chi connectivity index (χ1n) is 11.8. The highest BCUT2D eigenvalue weighted by Gasteiger charge is 2.23. The van der Waals surface area contributed by atoms with E-state index in [1.165, 1.54) is 11.8 Å². The Morgan fingerprint density at radius 3 is 2.56 bits per heavy atom. The first-order chi connectivity index (χ1) is 17.6. The topological polar surface area (TPSA) is 90.2 Å². The van der Waals surface area contributed by atoms with E-state index in [4.69, 9.17) is 4.74 Å². The van der Waals surface area contributed by atoms with Crippen molar-refractivity contribution < 1.29 is 14.3 Å². The minimum absolute atomic E-state index is 0.0415. The van der Waals surface area contributed by atoms with Crippen molar-refractivity contribution in [1.29, 1.82) is 0 Å². The third-order valence-electron chi connectivity index (χ3n) is 5.86. The number of pyridine rings is 1. The first-order valence-corrected chi connectivity index (χ1v) is 12.8. The molecule has 4 aromatic rings. The average molecular weight is 500 g/mol. The molecular formula is C27H25N5O3S. The average Bonchev–Trinajstić information content (AvgIpc) is 3.55. The van der Waals surface area contributed by atoms with Crippen LogP contribution in [0, 0.1) is 0 Å². The SMILES string of the molecule is CCOc1ccc(-n2c(SCC(=O)c3cccc(N4CCCC4=O)c3)nnc2-c2ccncc2)cc1. The lowest BCUT2D eigenvalue weighted by Crippen LogP contribution is -2.23.